The summed E-state index contributed by atoms with van der Waals surface area (Å²) in [5.74, 6) is 0.608. The molecule has 0 radical (unpaired) electrons. The molecule has 0 saturated heterocycles. The van der Waals surface area contributed by atoms with Crippen LogP contribution in [0.15, 0.2) is 24.3 Å². The number of hydrogen-bond donors (Lipinski definition) is 3. The van der Waals surface area contributed by atoms with Crippen molar-refractivity contribution in [3.05, 3.63) is 34.7 Å². The number of carbonyl (C=O) groups is 1. The highest BCUT2D eigenvalue weighted by atomic mass is 32.2. The zero-order valence-electron chi connectivity index (χ0n) is 18.1. The van der Waals surface area contributed by atoms with Crippen LogP contribution in [0.2, 0.25) is 0 Å². The standard InChI is InChI=1S/C17H18F3N3O2S.C4H11NS/c18-17(19,20)25-12-9-5-4-8-11(12)13(24)14-15(21)23-16(26-14)22-10-6-2-1-3-7-10;1-4(2)3-6-5/h4-5,8-10H,1-3,6-7,21H2,(H,22,23);4H,3,5H2,1-2H3. The fourth-order valence-electron chi connectivity index (χ4n) is 3.16. The van der Waals surface area contributed by atoms with E-state index in [1.165, 1.54) is 36.6 Å². The summed E-state index contributed by atoms with van der Waals surface area (Å²) in [6.07, 6.45) is 0.621. The zero-order valence-corrected chi connectivity index (χ0v) is 19.7. The molecule has 6 nitrogen and oxygen atoms in total. The van der Waals surface area contributed by atoms with Crippen molar-refractivity contribution in [1.29, 1.82) is 0 Å². The lowest BCUT2D eigenvalue weighted by atomic mass is 9.96. The normalized spacial score (nSPS) is 14.6. The van der Waals surface area contributed by atoms with Crippen molar-refractivity contribution in [2.75, 3.05) is 16.8 Å². The highest BCUT2D eigenvalue weighted by molar-refractivity contribution is 7.97. The van der Waals surface area contributed by atoms with E-state index in [1.54, 1.807) is 0 Å². The molecule has 0 atom stereocenters. The van der Waals surface area contributed by atoms with Crippen molar-refractivity contribution in [3.63, 3.8) is 0 Å². The van der Waals surface area contributed by atoms with E-state index in [-0.39, 0.29) is 22.3 Å². The van der Waals surface area contributed by atoms with Crippen LogP contribution in [0.3, 0.4) is 0 Å². The van der Waals surface area contributed by atoms with E-state index >= 15 is 0 Å². The van der Waals surface area contributed by atoms with Gasteiger partial charge in [0.2, 0.25) is 5.78 Å². The van der Waals surface area contributed by atoms with E-state index in [4.69, 9.17) is 10.9 Å². The van der Waals surface area contributed by atoms with Crippen LogP contribution >= 0.6 is 23.3 Å². The predicted molar refractivity (Wildman–Crippen MR) is 125 cm³/mol. The summed E-state index contributed by atoms with van der Waals surface area (Å²) in [5.41, 5.74) is 5.63. The summed E-state index contributed by atoms with van der Waals surface area (Å²) in [5, 5.41) is 8.92. The minimum atomic E-state index is -4.89. The Morgan fingerprint density at radius 1 is 1.28 bits per heavy atom. The van der Waals surface area contributed by atoms with Gasteiger partial charge in [-0.1, -0.05) is 68.5 Å². The Kier molecular flexibility index (Phi) is 10.1. The molecule has 0 unspecified atom stereocenters. The second-order valence-corrected chi connectivity index (χ2v) is 9.48. The van der Waals surface area contributed by atoms with E-state index in [2.05, 4.69) is 28.9 Å². The minimum absolute atomic E-state index is 0.000112. The summed E-state index contributed by atoms with van der Waals surface area (Å²) < 4.78 is 41.6. The lowest BCUT2D eigenvalue weighted by Gasteiger charge is -2.22. The number of nitrogens with zero attached hydrogens (tertiary/aromatic N) is 1. The van der Waals surface area contributed by atoms with E-state index in [1.807, 2.05) is 0 Å². The van der Waals surface area contributed by atoms with Crippen molar-refractivity contribution in [2.45, 2.75) is 58.4 Å². The van der Waals surface area contributed by atoms with Crippen LogP contribution in [0, 0.1) is 5.92 Å². The zero-order chi connectivity index (χ0) is 23.7. The molecule has 1 aliphatic carbocycles. The number of aromatic nitrogens is 1. The molecule has 11 heteroatoms. The van der Waals surface area contributed by atoms with E-state index in [0.717, 1.165) is 54.8 Å². The van der Waals surface area contributed by atoms with Gasteiger partial charge in [-0.3, -0.25) is 9.93 Å². The molecule has 0 amide bonds. The van der Waals surface area contributed by atoms with Crippen LogP contribution in [0.25, 0.3) is 0 Å². The van der Waals surface area contributed by atoms with Gasteiger partial charge in [0.15, 0.2) is 5.13 Å². The van der Waals surface area contributed by atoms with Crippen LogP contribution < -0.4 is 20.9 Å². The molecule has 1 heterocycles. The fraction of sp³-hybridized carbons (Fsp3) is 0.524. The largest absolute Gasteiger partial charge is 0.573 e. The van der Waals surface area contributed by atoms with E-state index in [9.17, 15) is 18.0 Å². The maximum Gasteiger partial charge on any atom is 0.573 e. The quantitative estimate of drug-likeness (QED) is 0.330. The average molecular weight is 491 g/mol. The summed E-state index contributed by atoms with van der Waals surface area (Å²) in [4.78, 5) is 17.0. The first kappa shape index (κ1) is 26.3. The molecule has 32 heavy (non-hydrogen) atoms. The highest BCUT2D eigenvalue weighted by Gasteiger charge is 2.33. The third-order valence-electron chi connectivity index (χ3n) is 4.58. The molecule has 1 aliphatic rings. The number of rotatable bonds is 7. The van der Waals surface area contributed by atoms with Crippen LogP contribution in [0.1, 0.15) is 61.2 Å². The number of thiazole rings is 1. The van der Waals surface area contributed by atoms with Crippen molar-refractivity contribution >= 4 is 40.0 Å². The number of ketones is 1. The summed E-state index contributed by atoms with van der Waals surface area (Å²) in [6, 6.07) is 5.48. The van der Waals surface area contributed by atoms with Gasteiger partial charge in [0.1, 0.15) is 16.4 Å². The van der Waals surface area contributed by atoms with Crippen molar-refractivity contribution in [3.8, 4) is 5.75 Å². The Labute approximate surface area is 194 Å². The molecule has 1 aromatic carbocycles. The monoisotopic (exact) mass is 490 g/mol. The van der Waals surface area contributed by atoms with Gasteiger partial charge < -0.3 is 15.8 Å². The number of carbonyl (C=O) groups excluding carboxylic acids is 1. The second-order valence-electron chi connectivity index (χ2n) is 7.81. The smallest absolute Gasteiger partial charge is 0.405 e. The first-order valence-electron chi connectivity index (χ1n) is 10.3. The van der Waals surface area contributed by atoms with Crippen molar-refractivity contribution < 1.29 is 22.7 Å². The molecular weight excluding hydrogens is 461 g/mol. The molecule has 1 saturated carbocycles. The Hall–Kier alpha value is -1.98. The fourth-order valence-corrected chi connectivity index (χ4v) is 4.46. The van der Waals surface area contributed by atoms with Gasteiger partial charge in [-0.05, 0) is 30.9 Å². The third-order valence-corrected chi connectivity index (χ3v) is 6.44. The molecule has 0 spiro atoms. The van der Waals surface area contributed by atoms with Crippen LogP contribution in [0.5, 0.6) is 5.75 Å². The molecule has 3 rings (SSSR count). The number of alkyl halides is 3. The molecule has 0 aliphatic heterocycles. The topological polar surface area (TPSA) is 103 Å². The molecule has 5 N–H and O–H groups in total. The molecule has 178 valence electrons. The lowest BCUT2D eigenvalue weighted by Crippen LogP contribution is -2.22. The SMILES string of the molecule is CC(C)CSN.Nc1nc(NC2CCCCC2)sc1C(=O)c1ccccc1OC(F)(F)F. The van der Waals surface area contributed by atoms with Gasteiger partial charge in [-0.15, -0.1) is 13.2 Å². The number of nitrogens with one attached hydrogen (secondary N) is 1. The first-order valence-corrected chi connectivity index (χ1v) is 12.2. The Bertz CT molecular complexity index is 869. The van der Waals surface area contributed by atoms with Gasteiger partial charge in [0, 0.05) is 11.8 Å². The number of para-hydroxylation sites is 1. The van der Waals surface area contributed by atoms with Gasteiger partial charge >= 0.3 is 6.36 Å². The van der Waals surface area contributed by atoms with Crippen molar-refractivity contribution in [2.24, 2.45) is 11.1 Å². The van der Waals surface area contributed by atoms with Gasteiger partial charge in [-0.25, -0.2) is 4.98 Å². The van der Waals surface area contributed by atoms with Crippen LogP contribution in [-0.2, 0) is 0 Å². The Balaban J connectivity index is 0.000000534. The van der Waals surface area contributed by atoms with Gasteiger partial charge in [-0.2, -0.15) is 0 Å². The number of hydrogen-bond acceptors (Lipinski definition) is 8. The number of ether oxygens (including phenoxy) is 1. The summed E-state index contributed by atoms with van der Waals surface area (Å²) >= 11 is 2.46. The molecule has 2 aromatic rings. The number of nitrogen functional groups attached to an aromatic ring is 1. The molecule has 0 bridgehead atoms. The van der Waals surface area contributed by atoms with Gasteiger partial charge in [0.25, 0.3) is 0 Å². The number of nitrogens with two attached hydrogens (primary N) is 2. The third kappa shape index (κ3) is 8.51. The number of halogens is 3. The highest BCUT2D eigenvalue weighted by Crippen LogP contribution is 2.33. The van der Waals surface area contributed by atoms with Gasteiger partial charge in [0.05, 0.1) is 5.56 Å². The second kappa shape index (κ2) is 12.3. The average Bonchev–Trinajstić information content (AvgIpc) is 3.08. The maximum atomic E-state index is 12.7. The predicted octanol–water partition coefficient (Wildman–Crippen LogP) is 5.85. The van der Waals surface area contributed by atoms with Crippen LogP contribution in [-0.4, -0.2) is 28.9 Å². The maximum absolute atomic E-state index is 12.7. The Morgan fingerprint density at radius 3 is 2.50 bits per heavy atom. The van der Waals surface area contributed by atoms with Crippen molar-refractivity contribution in [1.82, 2.24) is 4.98 Å². The summed E-state index contributed by atoms with van der Waals surface area (Å²) in [7, 11) is 0. The number of anilines is 2. The van der Waals surface area contributed by atoms with E-state index < -0.39 is 17.9 Å². The van der Waals surface area contributed by atoms with E-state index in [0.29, 0.717) is 5.13 Å². The Morgan fingerprint density at radius 2 is 1.94 bits per heavy atom. The lowest BCUT2D eigenvalue weighted by molar-refractivity contribution is -0.274. The summed E-state index contributed by atoms with van der Waals surface area (Å²) in [6.45, 7) is 4.31. The molecule has 1 fully saturated rings. The number of benzene rings is 1. The molecule has 1 aromatic heterocycles. The van der Waals surface area contributed by atoms with Crippen LogP contribution in [0.4, 0.5) is 24.1 Å². The minimum Gasteiger partial charge on any atom is -0.405 e. The first-order chi connectivity index (χ1) is 15.1. The molecular formula is C21H29F3N4O2S2.